The summed E-state index contributed by atoms with van der Waals surface area (Å²) in [7, 11) is -4.04. The number of esters is 1. The first-order valence-electron chi connectivity index (χ1n) is 7.17. The fraction of sp³-hybridized carbons (Fsp3) is 0.125. The number of benzene rings is 2. The SMILES string of the molecule is C[C@H](OC(=O)c1cc(S(N)(=O)=O)ccc1Cl)C(=O)Nc1ccc(F)cc1. The van der Waals surface area contributed by atoms with Crippen LogP contribution in [0.4, 0.5) is 10.1 Å². The minimum absolute atomic E-state index is 0.0615. The molecule has 0 bridgehead atoms. The maximum absolute atomic E-state index is 12.9. The van der Waals surface area contributed by atoms with Gasteiger partial charge >= 0.3 is 5.97 Å². The quantitative estimate of drug-likeness (QED) is 0.747. The van der Waals surface area contributed by atoms with Crippen LogP contribution in [0.3, 0.4) is 0 Å². The molecule has 1 atom stereocenters. The molecule has 2 aromatic rings. The van der Waals surface area contributed by atoms with E-state index in [0.29, 0.717) is 5.69 Å². The molecule has 2 aromatic carbocycles. The van der Waals surface area contributed by atoms with Crippen LogP contribution < -0.4 is 10.5 Å². The third-order valence-corrected chi connectivity index (χ3v) is 4.49. The first-order valence-corrected chi connectivity index (χ1v) is 9.10. The molecule has 0 fully saturated rings. The van der Waals surface area contributed by atoms with Gasteiger partial charge < -0.3 is 10.1 Å². The fourth-order valence-corrected chi connectivity index (χ4v) is 2.63. The summed E-state index contributed by atoms with van der Waals surface area (Å²) in [6.45, 7) is 1.31. The van der Waals surface area contributed by atoms with Crippen LogP contribution in [0.5, 0.6) is 0 Å². The Morgan fingerprint density at radius 2 is 1.81 bits per heavy atom. The molecule has 7 nitrogen and oxygen atoms in total. The molecule has 26 heavy (non-hydrogen) atoms. The molecule has 138 valence electrons. The zero-order valence-electron chi connectivity index (χ0n) is 13.4. The van der Waals surface area contributed by atoms with Gasteiger partial charge in [0.15, 0.2) is 6.10 Å². The average Bonchev–Trinajstić information content (AvgIpc) is 2.56. The van der Waals surface area contributed by atoms with E-state index in [-0.39, 0.29) is 15.5 Å². The minimum atomic E-state index is -4.04. The molecule has 0 radical (unpaired) electrons. The van der Waals surface area contributed by atoms with Crippen LogP contribution in [-0.2, 0) is 19.6 Å². The molecule has 0 aliphatic carbocycles. The van der Waals surface area contributed by atoms with Gasteiger partial charge in [0.2, 0.25) is 10.0 Å². The normalized spacial score (nSPS) is 12.3. The number of amides is 1. The van der Waals surface area contributed by atoms with Gasteiger partial charge in [-0.2, -0.15) is 0 Å². The predicted molar refractivity (Wildman–Crippen MR) is 92.7 cm³/mol. The lowest BCUT2D eigenvalue weighted by Gasteiger charge is -2.14. The summed E-state index contributed by atoms with van der Waals surface area (Å²) in [5, 5.41) is 7.39. The van der Waals surface area contributed by atoms with Crippen LogP contribution in [-0.4, -0.2) is 26.4 Å². The fourth-order valence-electron chi connectivity index (χ4n) is 1.89. The summed E-state index contributed by atoms with van der Waals surface area (Å²) in [6, 6.07) is 8.28. The van der Waals surface area contributed by atoms with Gasteiger partial charge in [0, 0.05) is 5.69 Å². The van der Waals surface area contributed by atoms with E-state index in [1.165, 1.54) is 25.1 Å². The molecule has 0 spiro atoms. The Kier molecular flexibility index (Phi) is 5.96. The molecule has 0 saturated heterocycles. The van der Waals surface area contributed by atoms with Crippen LogP contribution in [0.2, 0.25) is 5.02 Å². The van der Waals surface area contributed by atoms with Crippen molar-refractivity contribution in [3.8, 4) is 0 Å². The van der Waals surface area contributed by atoms with E-state index >= 15 is 0 Å². The Labute approximate surface area is 154 Å². The van der Waals surface area contributed by atoms with Crippen molar-refractivity contribution in [2.75, 3.05) is 5.32 Å². The molecule has 10 heteroatoms. The van der Waals surface area contributed by atoms with Gasteiger partial charge in [-0.05, 0) is 49.4 Å². The van der Waals surface area contributed by atoms with Gasteiger partial charge in [-0.1, -0.05) is 11.6 Å². The zero-order valence-corrected chi connectivity index (χ0v) is 15.0. The highest BCUT2D eigenvalue weighted by atomic mass is 35.5. The molecule has 0 aliphatic heterocycles. The number of halogens is 2. The van der Waals surface area contributed by atoms with Gasteiger partial charge in [-0.3, -0.25) is 4.79 Å². The lowest BCUT2D eigenvalue weighted by atomic mass is 10.2. The van der Waals surface area contributed by atoms with Crippen molar-refractivity contribution in [3.05, 3.63) is 58.9 Å². The largest absolute Gasteiger partial charge is 0.449 e. The second-order valence-corrected chi connectivity index (χ2v) is 7.20. The van der Waals surface area contributed by atoms with E-state index in [1.54, 1.807) is 0 Å². The Balaban J connectivity index is 2.11. The van der Waals surface area contributed by atoms with Crippen molar-refractivity contribution in [2.45, 2.75) is 17.9 Å². The number of hydrogen-bond acceptors (Lipinski definition) is 5. The summed E-state index contributed by atoms with van der Waals surface area (Å²) in [5.74, 6) is -2.13. The second kappa shape index (κ2) is 7.81. The third kappa shape index (κ3) is 5.01. The molecule has 0 unspecified atom stereocenters. The van der Waals surface area contributed by atoms with Crippen molar-refractivity contribution in [2.24, 2.45) is 5.14 Å². The van der Waals surface area contributed by atoms with Gasteiger partial charge in [-0.15, -0.1) is 0 Å². The van der Waals surface area contributed by atoms with Crippen molar-refractivity contribution < 1.29 is 27.1 Å². The molecule has 0 aliphatic rings. The number of anilines is 1. The standard InChI is InChI=1S/C16H14ClFN2O5S/c1-9(15(21)20-11-4-2-10(18)3-5-11)25-16(22)13-8-12(26(19,23)24)6-7-14(13)17/h2-9H,1H3,(H,20,21)(H2,19,23,24)/t9-/m0/s1. The number of nitrogens with one attached hydrogen (secondary N) is 1. The lowest BCUT2D eigenvalue weighted by molar-refractivity contribution is -0.123. The maximum Gasteiger partial charge on any atom is 0.340 e. The third-order valence-electron chi connectivity index (χ3n) is 3.25. The number of sulfonamides is 1. The van der Waals surface area contributed by atoms with E-state index < -0.39 is 33.8 Å². The van der Waals surface area contributed by atoms with Crippen LogP contribution in [0.15, 0.2) is 47.4 Å². The number of nitrogens with two attached hydrogens (primary N) is 1. The molecule has 0 aromatic heterocycles. The predicted octanol–water partition coefficient (Wildman–Crippen LogP) is 2.31. The highest BCUT2D eigenvalue weighted by Gasteiger charge is 2.22. The molecule has 0 heterocycles. The number of hydrogen-bond donors (Lipinski definition) is 2. The summed E-state index contributed by atoms with van der Waals surface area (Å²) in [4.78, 5) is 23.9. The van der Waals surface area contributed by atoms with Crippen molar-refractivity contribution in [1.29, 1.82) is 0 Å². The number of rotatable bonds is 5. The molecular weight excluding hydrogens is 387 g/mol. The van der Waals surface area contributed by atoms with E-state index in [1.807, 2.05) is 0 Å². The van der Waals surface area contributed by atoms with Gasteiger partial charge in [0.05, 0.1) is 15.5 Å². The summed E-state index contributed by atoms with van der Waals surface area (Å²) in [5.41, 5.74) is 0.0631. The number of carbonyl (C=O) groups is 2. The van der Waals surface area contributed by atoms with Crippen LogP contribution in [0.1, 0.15) is 17.3 Å². The van der Waals surface area contributed by atoms with E-state index in [0.717, 1.165) is 24.3 Å². The Hall–Kier alpha value is -2.49. The van der Waals surface area contributed by atoms with Crippen molar-refractivity contribution in [3.63, 3.8) is 0 Å². The van der Waals surface area contributed by atoms with Crippen molar-refractivity contribution in [1.82, 2.24) is 0 Å². The Morgan fingerprint density at radius 3 is 2.38 bits per heavy atom. The van der Waals surface area contributed by atoms with Gasteiger partial charge in [-0.25, -0.2) is 22.7 Å². The highest BCUT2D eigenvalue weighted by molar-refractivity contribution is 7.89. The van der Waals surface area contributed by atoms with Crippen LogP contribution >= 0.6 is 11.6 Å². The van der Waals surface area contributed by atoms with E-state index in [9.17, 15) is 22.4 Å². The van der Waals surface area contributed by atoms with Gasteiger partial charge in [0.1, 0.15) is 5.82 Å². The van der Waals surface area contributed by atoms with E-state index in [2.05, 4.69) is 5.32 Å². The second-order valence-electron chi connectivity index (χ2n) is 5.23. The van der Waals surface area contributed by atoms with Crippen LogP contribution in [0, 0.1) is 5.82 Å². The lowest BCUT2D eigenvalue weighted by Crippen LogP contribution is -2.30. The summed E-state index contributed by atoms with van der Waals surface area (Å²) < 4.78 is 40.6. The molecule has 1 amide bonds. The maximum atomic E-state index is 12.9. The monoisotopic (exact) mass is 400 g/mol. The first-order chi connectivity index (χ1) is 12.1. The Bertz CT molecular complexity index is 948. The Morgan fingerprint density at radius 1 is 1.19 bits per heavy atom. The molecule has 3 N–H and O–H groups in total. The molecule has 2 rings (SSSR count). The summed E-state index contributed by atoms with van der Waals surface area (Å²) >= 11 is 5.88. The molecular formula is C16H14ClFN2O5S. The van der Waals surface area contributed by atoms with Crippen LogP contribution in [0.25, 0.3) is 0 Å². The number of carbonyl (C=O) groups excluding carboxylic acids is 2. The first kappa shape index (κ1) is 19.8. The topological polar surface area (TPSA) is 116 Å². The van der Waals surface area contributed by atoms with Crippen molar-refractivity contribution >= 4 is 39.2 Å². The van der Waals surface area contributed by atoms with Gasteiger partial charge in [0.25, 0.3) is 5.91 Å². The molecule has 0 saturated carbocycles. The minimum Gasteiger partial charge on any atom is -0.449 e. The smallest absolute Gasteiger partial charge is 0.340 e. The summed E-state index contributed by atoms with van der Waals surface area (Å²) in [6.07, 6.45) is -1.22. The zero-order chi connectivity index (χ0) is 19.5. The number of ether oxygens (including phenoxy) is 1. The highest BCUT2D eigenvalue weighted by Crippen LogP contribution is 2.21. The average molecular weight is 401 g/mol. The number of primary sulfonamides is 1. The van der Waals surface area contributed by atoms with E-state index in [4.69, 9.17) is 21.5 Å².